The smallest absolute Gasteiger partial charge is 0.140 e. The minimum atomic E-state index is -0.168. The summed E-state index contributed by atoms with van der Waals surface area (Å²) < 4.78 is 7.22. The highest BCUT2D eigenvalue weighted by molar-refractivity contribution is 6.24. The third kappa shape index (κ3) is 4.68. The van der Waals surface area contributed by atoms with Crippen LogP contribution in [0.15, 0.2) is 72.4 Å². The van der Waals surface area contributed by atoms with E-state index in [1.54, 1.807) is 20.4 Å². The molecule has 168 valence electrons. The number of hydrogen-bond donors (Lipinski definition) is 3. The van der Waals surface area contributed by atoms with Crippen molar-refractivity contribution in [1.82, 2.24) is 19.4 Å². The fourth-order valence-electron chi connectivity index (χ4n) is 3.50. The molecule has 0 fully saturated rings. The molecular weight excluding hydrogens is 418 g/mol. The van der Waals surface area contributed by atoms with Gasteiger partial charge in [-0.15, -0.1) is 0 Å². The van der Waals surface area contributed by atoms with Gasteiger partial charge in [0, 0.05) is 43.7 Å². The van der Waals surface area contributed by atoms with Crippen LogP contribution in [0.2, 0.25) is 0 Å². The number of methoxy groups -OCH3 is 1. The number of benzene rings is 1. The van der Waals surface area contributed by atoms with Gasteiger partial charge in [0.1, 0.15) is 23.5 Å². The van der Waals surface area contributed by atoms with Crippen LogP contribution in [-0.4, -0.2) is 50.9 Å². The van der Waals surface area contributed by atoms with Crippen LogP contribution >= 0.6 is 0 Å². The molecule has 4 N–H and O–H groups in total. The Labute approximate surface area is 191 Å². The lowest BCUT2D eigenvalue weighted by atomic mass is 10.0. The molecule has 0 aliphatic heterocycles. The fourth-order valence-corrected chi connectivity index (χ4v) is 3.50. The zero-order valence-corrected chi connectivity index (χ0v) is 18.4. The highest BCUT2D eigenvalue weighted by atomic mass is 16.5. The number of anilines is 1. The normalized spacial score (nSPS) is 12.2. The Balaban J connectivity index is 1.49. The first-order valence-corrected chi connectivity index (χ1v) is 10.3. The van der Waals surface area contributed by atoms with Gasteiger partial charge >= 0.3 is 0 Å². The van der Waals surface area contributed by atoms with E-state index in [1.165, 1.54) is 12.5 Å². The number of aliphatic hydroxyl groups excluding tert-OH is 1. The molecule has 4 rings (SSSR count). The number of aliphatic imine (C=N–C) groups is 1. The number of fused-ring (bicyclic) bond motifs is 1. The predicted molar refractivity (Wildman–Crippen MR) is 129 cm³/mol. The standard InChI is InChI=1S/C24H25N7O2/c1-26-21(14-32)19(11-25)17-5-3-16(4-6-17)12-27-23-10-20(29-15-30-23)22-13-28-24-9-18(33-2)7-8-31(22)24/h3-11,13,15,32H,12,14,25H2,1-2H3,(H,27,29,30)/b19-11-,26-21?. The van der Waals surface area contributed by atoms with Gasteiger partial charge < -0.3 is 20.9 Å². The van der Waals surface area contributed by atoms with E-state index in [0.717, 1.165) is 33.9 Å². The summed E-state index contributed by atoms with van der Waals surface area (Å²) in [6.45, 7) is 0.413. The molecule has 0 aliphatic rings. The van der Waals surface area contributed by atoms with Gasteiger partial charge in [-0.1, -0.05) is 24.3 Å². The minimum Gasteiger partial charge on any atom is -0.497 e. The van der Waals surface area contributed by atoms with Gasteiger partial charge in [0.05, 0.1) is 37.0 Å². The first kappa shape index (κ1) is 22.0. The molecule has 0 saturated carbocycles. The largest absolute Gasteiger partial charge is 0.497 e. The van der Waals surface area contributed by atoms with Gasteiger partial charge in [0.2, 0.25) is 0 Å². The maximum absolute atomic E-state index is 9.47. The van der Waals surface area contributed by atoms with Crippen molar-refractivity contribution in [2.45, 2.75) is 6.54 Å². The molecule has 0 radical (unpaired) electrons. The number of pyridine rings is 1. The fraction of sp³-hybridized carbons (Fsp3) is 0.167. The van der Waals surface area contributed by atoms with Gasteiger partial charge in [-0.25, -0.2) is 15.0 Å². The maximum Gasteiger partial charge on any atom is 0.140 e. The molecule has 1 aromatic carbocycles. The summed E-state index contributed by atoms with van der Waals surface area (Å²) in [5.74, 6) is 1.45. The number of hydrogen-bond acceptors (Lipinski definition) is 8. The lowest BCUT2D eigenvalue weighted by Gasteiger charge is -2.10. The van der Waals surface area contributed by atoms with Crippen LogP contribution in [0.5, 0.6) is 5.75 Å². The van der Waals surface area contributed by atoms with Crippen LogP contribution in [0.1, 0.15) is 11.1 Å². The van der Waals surface area contributed by atoms with E-state index < -0.39 is 0 Å². The topological polar surface area (TPSA) is 123 Å². The Hall–Kier alpha value is -4.24. The second-order valence-corrected chi connectivity index (χ2v) is 7.19. The number of ether oxygens (including phenoxy) is 1. The van der Waals surface area contributed by atoms with Crippen molar-refractivity contribution < 1.29 is 9.84 Å². The van der Waals surface area contributed by atoms with Crippen LogP contribution in [0.3, 0.4) is 0 Å². The monoisotopic (exact) mass is 443 g/mol. The Bertz CT molecular complexity index is 1310. The van der Waals surface area contributed by atoms with Crippen molar-refractivity contribution in [3.63, 3.8) is 0 Å². The molecule has 33 heavy (non-hydrogen) atoms. The Morgan fingerprint density at radius 2 is 2.00 bits per heavy atom. The number of nitrogens with two attached hydrogens (primary N) is 1. The number of imidazole rings is 1. The molecular formula is C24H25N7O2. The number of aromatic nitrogens is 4. The molecule has 0 amide bonds. The quantitative estimate of drug-likeness (QED) is 0.358. The van der Waals surface area contributed by atoms with Crippen molar-refractivity contribution in [1.29, 1.82) is 0 Å². The van der Waals surface area contributed by atoms with Crippen molar-refractivity contribution in [2.24, 2.45) is 10.7 Å². The van der Waals surface area contributed by atoms with Crippen molar-refractivity contribution >= 4 is 22.7 Å². The molecule has 3 heterocycles. The second-order valence-electron chi connectivity index (χ2n) is 7.19. The molecule has 0 unspecified atom stereocenters. The predicted octanol–water partition coefficient (Wildman–Crippen LogP) is 2.77. The van der Waals surface area contributed by atoms with E-state index in [0.29, 0.717) is 23.6 Å². The van der Waals surface area contributed by atoms with Gasteiger partial charge in [-0.3, -0.25) is 9.39 Å². The van der Waals surface area contributed by atoms with Gasteiger partial charge in [-0.05, 0) is 17.2 Å². The van der Waals surface area contributed by atoms with E-state index in [9.17, 15) is 5.11 Å². The highest BCUT2D eigenvalue weighted by Crippen LogP contribution is 2.23. The van der Waals surface area contributed by atoms with Crippen molar-refractivity contribution in [2.75, 3.05) is 26.1 Å². The minimum absolute atomic E-state index is 0.168. The molecule has 0 bridgehead atoms. The summed E-state index contributed by atoms with van der Waals surface area (Å²) in [5.41, 5.74) is 11.4. The van der Waals surface area contributed by atoms with Crippen LogP contribution in [0.25, 0.3) is 22.6 Å². The van der Waals surface area contributed by atoms with Gasteiger partial charge in [0.15, 0.2) is 0 Å². The number of aliphatic hydroxyl groups is 1. The second kappa shape index (κ2) is 9.92. The molecule has 0 saturated heterocycles. The lowest BCUT2D eigenvalue weighted by molar-refractivity contribution is 0.358. The first-order valence-electron chi connectivity index (χ1n) is 10.3. The Morgan fingerprint density at radius 1 is 1.18 bits per heavy atom. The van der Waals surface area contributed by atoms with E-state index in [4.69, 9.17) is 10.5 Å². The van der Waals surface area contributed by atoms with Crippen molar-refractivity contribution in [3.05, 3.63) is 78.5 Å². The van der Waals surface area contributed by atoms with Gasteiger partial charge in [0.25, 0.3) is 0 Å². The van der Waals surface area contributed by atoms with Crippen LogP contribution in [-0.2, 0) is 6.54 Å². The SMILES string of the molecule is CN=C(CO)/C(=C\N)c1ccc(CNc2cc(-c3cnc4cc(OC)ccn34)ncn2)cc1. The molecule has 9 nitrogen and oxygen atoms in total. The third-order valence-corrected chi connectivity index (χ3v) is 5.29. The zero-order valence-electron chi connectivity index (χ0n) is 18.4. The van der Waals surface area contributed by atoms with Crippen LogP contribution in [0, 0.1) is 0 Å². The molecule has 3 aromatic heterocycles. The first-order chi connectivity index (χ1) is 16.2. The molecule has 4 aromatic rings. The highest BCUT2D eigenvalue weighted by Gasteiger charge is 2.10. The Morgan fingerprint density at radius 3 is 2.70 bits per heavy atom. The average Bonchev–Trinajstić information content (AvgIpc) is 3.30. The molecule has 0 aliphatic carbocycles. The van der Waals surface area contributed by atoms with Crippen LogP contribution in [0.4, 0.5) is 5.82 Å². The number of rotatable bonds is 8. The summed E-state index contributed by atoms with van der Waals surface area (Å²) in [7, 11) is 3.26. The van der Waals surface area contributed by atoms with Crippen molar-refractivity contribution in [3.8, 4) is 17.1 Å². The summed E-state index contributed by atoms with van der Waals surface area (Å²) in [6, 6.07) is 13.5. The zero-order chi connectivity index (χ0) is 23.2. The van der Waals surface area contributed by atoms with E-state index in [1.807, 2.05) is 53.1 Å². The molecule has 0 spiro atoms. The van der Waals surface area contributed by atoms with E-state index >= 15 is 0 Å². The molecule has 0 atom stereocenters. The lowest BCUT2D eigenvalue weighted by Crippen LogP contribution is -2.09. The average molecular weight is 444 g/mol. The van der Waals surface area contributed by atoms with E-state index in [-0.39, 0.29) is 6.61 Å². The maximum atomic E-state index is 9.47. The third-order valence-electron chi connectivity index (χ3n) is 5.29. The van der Waals surface area contributed by atoms with E-state index in [2.05, 4.69) is 25.3 Å². The summed E-state index contributed by atoms with van der Waals surface area (Å²) in [5, 5.41) is 12.8. The number of nitrogens with zero attached hydrogens (tertiary/aromatic N) is 5. The summed E-state index contributed by atoms with van der Waals surface area (Å²) in [6.07, 6.45) is 6.68. The van der Waals surface area contributed by atoms with Crippen LogP contribution < -0.4 is 15.8 Å². The number of nitrogens with one attached hydrogen (secondary N) is 1. The molecule has 9 heteroatoms. The Kier molecular flexibility index (Phi) is 6.61. The van der Waals surface area contributed by atoms with Gasteiger partial charge in [-0.2, -0.15) is 0 Å². The summed E-state index contributed by atoms with van der Waals surface area (Å²) >= 11 is 0. The summed E-state index contributed by atoms with van der Waals surface area (Å²) in [4.78, 5) is 17.3.